The minimum atomic E-state index is -0.463. The number of aromatic amines is 1. The molecule has 3 N–H and O–H groups in total. The third-order valence-corrected chi connectivity index (χ3v) is 4.02. The maximum absolute atomic E-state index is 12.2. The highest BCUT2D eigenvalue weighted by molar-refractivity contribution is 5.94. The number of benzene rings is 2. The normalized spacial score (nSPS) is 10.3. The number of methoxy groups -OCH3 is 1. The van der Waals surface area contributed by atoms with E-state index in [2.05, 4.69) is 21.0 Å². The van der Waals surface area contributed by atoms with Gasteiger partial charge in [-0.2, -0.15) is 5.10 Å². The summed E-state index contributed by atoms with van der Waals surface area (Å²) in [5.74, 6) is -0.0207. The fourth-order valence-corrected chi connectivity index (χ4v) is 2.61. The van der Waals surface area contributed by atoms with Gasteiger partial charge in [-0.15, -0.1) is 0 Å². The molecule has 0 unspecified atom stereocenters. The van der Waals surface area contributed by atoms with Gasteiger partial charge < -0.3 is 4.74 Å². The van der Waals surface area contributed by atoms with Crippen molar-refractivity contribution in [2.75, 3.05) is 7.11 Å². The van der Waals surface area contributed by atoms with Gasteiger partial charge in [0.2, 0.25) is 5.91 Å². The third kappa shape index (κ3) is 4.72. The minimum absolute atomic E-state index is 0.221. The zero-order chi connectivity index (χ0) is 19.1. The number of aryl methyl sites for hydroxylation is 1. The summed E-state index contributed by atoms with van der Waals surface area (Å²) in [7, 11) is 1.59. The summed E-state index contributed by atoms with van der Waals surface area (Å²) in [6.07, 6.45) is 0.729. The van der Waals surface area contributed by atoms with Crippen LogP contribution in [0.2, 0.25) is 0 Å². The number of hydrogen-bond acceptors (Lipinski definition) is 4. The lowest BCUT2D eigenvalue weighted by Gasteiger charge is -2.09. The number of para-hydroxylation sites is 1. The Morgan fingerprint density at radius 1 is 1.04 bits per heavy atom. The van der Waals surface area contributed by atoms with Crippen LogP contribution in [-0.4, -0.2) is 29.1 Å². The summed E-state index contributed by atoms with van der Waals surface area (Å²) >= 11 is 0. The summed E-state index contributed by atoms with van der Waals surface area (Å²) in [5, 5.41) is 6.79. The van der Waals surface area contributed by atoms with Gasteiger partial charge in [0.05, 0.1) is 12.8 Å². The highest BCUT2D eigenvalue weighted by atomic mass is 16.5. The Morgan fingerprint density at radius 3 is 2.56 bits per heavy atom. The highest BCUT2D eigenvalue weighted by Gasteiger charge is 2.12. The van der Waals surface area contributed by atoms with Crippen LogP contribution < -0.4 is 15.6 Å². The number of carbonyl (C=O) groups is 2. The first-order chi connectivity index (χ1) is 13.2. The third-order valence-electron chi connectivity index (χ3n) is 4.02. The molecule has 0 fully saturated rings. The second-order valence-corrected chi connectivity index (χ2v) is 5.85. The molecule has 1 heterocycles. The van der Waals surface area contributed by atoms with E-state index in [-0.39, 0.29) is 18.0 Å². The molecule has 2 aromatic carbocycles. The lowest BCUT2D eigenvalue weighted by molar-refractivity contribution is -0.121. The van der Waals surface area contributed by atoms with Gasteiger partial charge in [-0.25, -0.2) is 0 Å². The Labute approximate surface area is 156 Å². The number of amides is 2. The van der Waals surface area contributed by atoms with Crippen LogP contribution in [0, 0.1) is 0 Å². The van der Waals surface area contributed by atoms with Crippen LogP contribution in [-0.2, 0) is 11.2 Å². The summed E-state index contributed by atoms with van der Waals surface area (Å²) in [4.78, 5) is 24.1. The van der Waals surface area contributed by atoms with Gasteiger partial charge in [-0.1, -0.05) is 48.5 Å². The van der Waals surface area contributed by atoms with Crippen molar-refractivity contribution in [3.8, 4) is 17.0 Å². The molecular formula is C20H20N4O3. The molecule has 0 bridgehead atoms. The molecule has 0 atom stereocenters. The number of hydrogen-bond donors (Lipinski definition) is 3. The van der Waals surface area contributed by atoms with Crippen LogP contribution in [0.3, 0.4) is 0 Å². The van der Waals surface area contributed by atoms with Crippen molar-refractivity contribution in [3.05, 3.63) is 71.9 Å². The van der Waals surface area contributed by atoms with Gasteiger partial charge in [0.1, 0.15) is 11.4 Å². The van der Waals surface area contributed by atoms with Crippen LogP contribution in [0.25, 0.3) is 11.3 Å². The molecule has 3 rings (SSSR count). The number of H-pyrrole nitrogens is 1. The maximum atomic E-state index is 12.2. The molecule has 2 amide bonds. The summed E-state index contributed by atoms with van der Waals surface area (Å²) in [5.41, 5.74) is 7.55. The van der Waals surface area contributed by atoms with E-state index in [0.29, 0.717) is 12.1 Å². The SMILES string of the molecule is COc1ccccc1CCC(=O)NNC(=O)c1cc(-c2ccccc2)n[nH]1. The van der Waals surface area contributed by atoms with Gasteiger partial charge in [0.25, 0.3) is 5.91 Å². The van der Waals surface area contributed by atoms with Gasteiger partial charge in [0, 0.05) is 12.0 Å². The van der Waals surface area contributed by atoms with Crippen LogP contribution in [0.5, 0.6) is 5.75 Å². The molecule has 138 valence electrons. The van der Waals surface area contributed by atoms with E-state index in [1.165, 1.54) is 0 Å². The number of carbonyl (C=O) groups excluding carboxylic acids is 2. The Balaban J connectivity index is 1.50. The number of ether oxygens (including phenoxy) is 1. The number of hydrazine groups is 1. The van der Waals surface area contributed by atoms with Crippen LogP contribution >= 0.6 is 0 Å². The smallest absolute Gasteiger partial charge is 0.287 e. The van der Waals surface area contributed by atoms with Crippen molar-refractivity contribution in [3.63, 3.8) is 0 Å². The van der Waals surface area contributed by atoms with Crippen LogP contribution in [0.4, 0.5) is 0 Å². The molecule has 7 heteroatoms. The van der Waals surface area contributed by atoms with Gasteiger partial charge in [0.15, 0.2) is 0 Å². The number of nitrogens with one attached hydrogen (secondary N) is 3. The Bertz CT molecular complexity index is 922. The Morgan fingerprint density at radius 2 is 1.78 bits per heavy atom. The number of rotatable bonds is 6. The standard InChI is InChI=1S/C20H20N4O3/c1-27-18-10-6-5-9-15(18)11-12-19(25)23-24-20(26)17-13-16(21-22-17)14-7-3-2-4-8-14/h2-10,13H,11-12H2,1H3,(H,21,22)(H,23,25)(H,24,26). The van der Waals surface area contributed by atoms with Gasteiger partial charge >= 0.3 is 0 Å². The second kappa shape index (κ2) is 8.66. The molecule has 0 spiro atoms. The van der Waals surface area contributed by atoms with E-state index in [0.717, 1.165) is 16.9 Å². The summed E-state index contributed by atoms with van der Waals surface area (Å²) in [6, 6.07) is 18.6. The largest absolute Gasteiger partial charge is 0.496 e. The Hall–Kier alpha value is -3.61. The fraction of sp³-hybridized carbons (Fsp3) is 0.150. The molecular weight excluding hydrogens is 344 g/mol. The highest BCUT2D eigenvalue weighted by Crippen LogP contribution is 2.19. The monoisotopic (exact) mass is 364 g/mol. The van der Waals surface area contributed by atoms with E-state index in [1.807, 2.05) is 54.6 Å². The minimum Gasteiger partial charge on any atom is -0.496 e. The molecule has 7 nitrogen and oxygen atoms in total. The van der Waals surface area contributed by atoms with Crippen LogP contribution in [0.15, 0.2) is 60.7 Å². The first-order valence-corrected chi connectivity index (χ1v) is 8.49. The van der Waals surface area contributed by atoms with E-state index in [4.69, 9.17) is 4.74 Å². The van der Waals surface area contributed by atoms with E-state index in [1.54, 1.807) is 13.2 Å². The molecule has 0 aliphatic heterocycles. The quantitative estimate of drug-likeness (QED) is 0.586. The molecule has 1 aromatic heterocycles. The molecule has 0 radical (unpaired) electrons. The molecule has 0 saturated carbocycles. The second-order valence-electron chi connectivity index (χ2n) is 5.85. The molecule has 0 aliphatic carbocycles. The van der Waals surface area contributed by atoms with Crippen molar-refractivity contribution >= 4 is 11.8 Å². The average Bonchev–Trinajstić information content (AvgIpc) is 3.21. The summed E-state index contributed by atoms with van der Waals surface area (Å²) < 4.78 is 5.26. The maximum Gasteiger partial charge on any atom is 0.287 e. The van der Waals surface area contributed by atoms with E-state index < -0.39 is 5.91 Å². The zero-order valence-corrected chi connectivity index (χ0v) is 14.9. The molecule has 0 saturated heterocycles. The first-order valence-electron chi connectivity index (χ1n) is 8.49. The van der Waals surface area contributed by atoms with Gasteiger partial charge in [-0.3, -0.25) is 25.5 Å². The first kappa shape index (κ1) is 18.2. The topological polar surface area (TPSA) is 96.1 Å². The van der Waals surface area contributed by atoms with Crippen molar-refractivity contribution in [1.82, 2.24) is 21.0 Å². The average molecular weight is 364 g/mol. The number of nitrogens with zero attached hydrogens (tertiary/aromatic N) is 1. The van der Waals surface area contributed by atoms with Gasteiger partial charge in [-0.05, 0) is 24.1 Å². The fourth-order valence-electron chi connectivity index (χ4n) is 2.61. The number of aromatic nitrogens is 2. The lowest BCUT2D eigenvalue weighted by Crippen LogP contribution is -2.41. The molecule has 27 heavy (non-hydrogen) atoms. The van der Waals surface area contributed by atoms with Crippen molar-refractivity contribution in [2.45, 2.75) is 12.8 Å². The molecule has 0 aliphatic rings. The van der Waals surface area contributed by atoms with E-state index in [9.17, 15) is 9.59 Å². The van der Waals surface area contributed by atoms with Crippen molar-refractivity contribution < 1.29 is 14.3 Å². The van der Waals surface area contributed by atoms with E-state index >= 15 is 0 Å². The van der Waals surface area contributed by atoms with Crippen molar-refractivity contribution in [1.29, 1.82) is 0 Å². The molecule has 3 aromatic rings. The van der Waals surface area contributed by atoms with Crippen LogP contribution in [0.1, 0.15) is 22.5 Å². The zero-order valence-electron chi connectivity index (χ0n) is 14.9. The predicted octanol–water partition coefficient (Wildman–Crippen LogP) is 2.48. The summed E-state index contributed by atoms with van der Waals surface area (Å²) in [6.45, 7) is 0. The predicted molar refractivity (Wildman–Crippen MR) is 101 cm³/mol. The lowest BCUT2D eigenvalue weighted by atomic mass is 10.1. The van der Waals surface area contributed by atoms with Crippen molar-refractivity contribution in [2.24, 2.45) is 0 Å². The Kier molecular flexibility index (Phi) is 5.84.